The van der Waals surface area contributed by atoms with Gasteiger partial charge in [0.1, 0.15) is 5.71 Å². The van der Waals surface area contributed by atoms with Gasteiger partial charge < -0.3 is 19.3 Å². The van der Waals surface area contributed by atoms with Crippen molar-refractivity contribution in [1.82, 2.24) is 25.1 Å². The molecule has 0 saturated carbocycles. The highest BCUT2D eigenvalue weighted by molar-refractivity contribution is 7.95. The Kier molecular flexibility index (Phi) is 7.24. The van der Waals surface area contributed by atoms with Gasteiger partial charge in [-0.15, -0.1) is 3.89 Å². The van der Waals surface area contributed by atoms with E-state index in [-0.39, 0.29) is 24.1 Å². The van der Waals surface area contributed by atoms with Crippen molar-refractivity contribution in [2.24, 2.45) is 0 Å². The van der Waals surface area contributed by atoms with Gasteiger partial charge in [0.15, 0.2) is 25.0 Å². The Labute approximate surface area is 217 Å². The van der Waals surface area contributed by atoms with Gasteiger partial charge in [0.05, 0.1) is 42.5 Å². The van der Waals surface area contributed by atoms with E-state index in [4.69, 9.17) is 10.1 Å². The van der Waals surface area contributed by atoms with Crippen LogP contribution in [0.3, 0.4) is 0 Å². The van der Waals surface area contributed by atoms with Crippen LogP contribution < -0.4 is 4.72 Å². The van der Waals surface area contributed by atoms with Crippen molar-refractivity contribution in [1.29, 1.82) is 5.41 Å². The maximum atomic E-state index is 13.4. The maximum Gasteiger partial charge on any atom is 0.189 e. The standard InChI is InChI=1S/C26H27F2N7OS/c1-3-16-8-19(36-14-27)5-7-20(16)17-4-6-21(22(9-17)34-37-28)25(29)26-32-23-12-35(13-24(23)33-26)15(2)18-10-30-31-11-18/h4,6-11,19,29,34H,2-3,5,12-14H2,1H3,(H,30,31)(H,32,33). The van der Waals surface area contributed by atoms with E-state index >= 15 is 0 Å². The third kappa shape index (κ3) is 4.96. The van der Waals surface area contributed by atoms with Crippen molar-refractivity contribution < 1.29 is 13.0 Å². The Bertz CT molecular complexity index is 1360. The summed E-state index contributed by atoms with van der Waals surface area (Å²) in [6, 6.07) is 5.54. The van der Waals surface area contributed by atoms with Crippen LogP contribution in [0.25, 0.3) is 11.3 Å². The number of aromatic amines is 2. The molecule has 0 fully saturated rings. The molecular formula is C26H27F2N7OS. The molecule has 0 amide bonds. The van der Waals surface area contributed by atoms with Crippen LogP contribution in [-0.4, -0.2) is 43.7 Å². The number of aromatic nitrogens is 4. The lowest BCUT2D eigenvalue weighted by Gasteiger charge is -2.22. The van der Waals surface area contributed by atoms with Crippen molar-refractivity contribution in [3.63, 3.8) is 0 Å². The molecule has 2 aromatic heterocycles. The van der Waals surface area contributed by atoms with Gasteiger partial charge in [-0.3, -0.25) is 10.5 Å². The molecule has 3 aromatic rings. The second kappa shape index (κ2) is 10.7. The van der Waals surface area contributed by atoms with Gasteiger partial charge in [-0.25, -0.2) is 9.37 Å². The van der Waals surface area contributed by atoms with E-state index in [1.165, 1.54) is 0 Å². The summed E-state index contributed by atoms with van der Waals surface area (Å²) in [7, 11) is 0. The zero-order valence-corrected chi connectivity index (χ0v) is 21.1. The highest BCUT2D eigenvalue weighted by Gasteiger charge is 2.27. The van der Waals surface area contributed by atoms with Gasteiger partial charge in [0.2, 0.25) is 0 Å². The number of rotatable bonds is 10. The fourth-order valence-electron chi connectivity index (χ4n) is 4.77. The Balaban J connectivity index is 1.37. The zero-order valence-electron chi connectivity index (χ0n) is 20.3. The predicted molar refractivity (Wildman–Crippen MR) is 142 cm³/mol. The number of halogens is 2. The number of imidazole rings is 1. The third-order valence-electron chi connectivity index (χ3n) is 6.70. The van der Waals surface area contributed by atoms with Gasteiger partial charge in [-0.1, -0.05) is 31.7 Å². The number of fused-ring (bicyclic) bond motifs is 1. The van der Waals surface area contributed by atoms with Crippen LogP contribution in [0.4, 0.5) is 14.0 Å². The van der Waals surface area contributed by atoms with Gasteiger partial charge >= 0.3 is 0 Å². The summed E-state index contributed by atoms with van der Waals surface area (Å²) in [6.45, 7) is 6.52. The number of nitrogens with one attached hydrogen (secondary N) is 4. The highest BCUT2D eigenvalue weighted by Crippen LogP contribution is 2.35. The average molecular weight is 524 g/mol. The molecule has 0 spiro atoms. The molecule has 4 N–H and O–H groups in total. The number of H-pyrrole nitrogens is 2. The van der Waals surface area contributed by atoms with E-state index in [2.05, 4.69) is 36.4 Å². The molecule has 192 valence electrons. The largest absolute Gasteiger partial charge is 0.360 e. The first kappa shape index (κ1) is 25.0. The van der Waals surface area contributed by atoms with E-state index in [1.807, 2.05) is 31.2 Å². The number of anilines is 1. The summed E-state index contributed by atoms with van der Waals surface area (Å²) in [4.78, 5) is 10.0. The number of ether oxygens (including phenoxy) is 1. The molecule has 0 bridgehead atoms. The molecule has 1 aromatic carbocycles. The minimum Gasteiger partial charge on any atom is -0.360 e. The molecule has 2 aliphatic rings. The molecule has 1 aliphatic heterocycles. The predicted octanol–water partition coefficient (Wildman–Crippen LogP) is 5.92. The van der Waals surface area contributed by atoms with Crippen LogP contribution in [0.1, 0.15) is 53.7 Å². The fourth-order valence-corrected chi connectivity index (χ4v) is 5.03. The van der Waals surface area contributed by atoms with E-state index in [0.717, 1.165) is 45.8 Å². The lowest BCUT2D eigenvalue weighted by atomic mass is 9.88. The molecule has 1 unspecified atom stereocenters. The maximum absolute atomic E-state index is 13.4. The van der Waals surface area contributed by atoms with Crippen molar-refractivity contribution in [3.05, 3.63) is 88.8 Å². The van der Waals surface area contributed by atoms with E-state index < -0.39 is 6.86 Å². The number of benzene rings is 1. The van der Waals surface area contributed by atoms with Crippen molar-refractivity contribution in [2.75, 3.05) is 11.6 Å². The first-order valence-electron chi connectivity index (χ1n) is 11.9. The zero-order chi connectivity index (χ0) is 25.9. The van der Waals surface area contributed by atoms with Crippen LogP contribution in [-0.2, 0) is 17.8 Å². The summed E-state index contributed by atoms with van der Waals surface area (Å²) in [5.74, 6) is 0.426. The molecule has 11 heteroatoms. The Morgan fingerprint density at radius 1 is 1.38 bits per heavy atom. The SMILES string of the molecule is C=C(c1cn[nH]c1)N1Cc2nc(C(=N)c3ccc(C4=CCC(OCF)C=C4CC)cc3NSF)[nH]c2C1. The molecule has 1 atom stereocenters. The molecule has 1 aliphatic carbocycles. The molecular weight excluding hydrogens is 496 g/mol. The summed E-state index contributed by atoms with van der Waals surface area (Å²) in [5, 5.41) is 15.6. The Morgan fingerprint density at radius 3 is 2.95 bits per heavy atom. The van der Waals surface area contributed by atoms with Gasteiger partial charge in [0.25, 0.3) is 0 Å². The van der Waals surface area contributed by atoms with Crippen molar-refractivity contribution in [3.8, 4) is 0 Å². The normalized spacial score (nSPS) is 16.8. The average Bonchev–Trinajstić information content (AvgIpc) is 3.65. The van der Waals surface area contributed by atoms with Gasteiger partial charge in [-0.2, -0.15) is 5.10 Å². The number of nitrogens with zero attached hydrogens (tertiary/aromatic N) is 3. The molecule has 3 heterocycles. The number of hydrogen-bond donors (Lipinski definition) is 4. The van der Waals surface area contributed by atoms with Crippen LogP contribution >= 0.6 is 12.3 Å². The first-order chi connectivity index (χ1) is 18.0. The quantitative estimate of drug-likeness (QED) is 0.194. The fraction of sp³-hybridized carbons (Fsp3) is 0.269. The molecule has 8 nitrogen and oxygen atoms in total. The summed E-state index contributed by atoms with van der Waals surface area (Å²) < 4.78 is 33.8. The highest BCUT2D eigenvalue weighted by atomic mass is 32.2. The van der Waals surface area contributed by atoms with Gasteiger partial charge in [-0.05, 0) is 41.7 Å². The minimum atomic E-state index is -0.826. The second-order valence-corrected chi connectivity index (χ2v) is 9.19. The number of allylic oxidation sites excluding steroid dienone is 2. The monoisotopic (exact) mass is 523 g/mol. The lowest BCUT2D eigenvalue weighted by Crippen LogP contribution is -2.15. The van der Waals surface area contributed by atoms with Crippen LogP contribution in [0.5, 0.6) is 0 Å². The third-order valence-corrected chi connectivity index (χ3v) is 6.99. The first-order valence-corrected chi connectivity index (χ1v) is 12.6. The second-order valence-electron chi connectivity index (χ2n) is 8.83. The molecule has 0 saturated heterocycles. The lowest BCUT2D eigenvalue weighted by molar-refractivity contribution is 0.0211. The minimum absolute atomic E-state index is 0.0205. The summed E-state index contributed by atoms with van der Waals surface area (Å²) in [5.41, 5.74) is 7.62. The molecule has 0 radical (unpaired) electrons. The van der Waals surface area contributed by atoms with Crippen LogP contribution in [0.2, 0.25) is 0 Å². The van der Waals surface area contributed by atoms with Crippen LogP contribution in [0.15, 0.2) is 54.9 Å². The number of hydrogen-bond acceptors (Lipinski definition) is 7. The number of alkyl halides is 1. The Hall–Kier alpha value is -3.70. The summed E-state index contributed by atoms with van der Waals surface area (Å²) in [6.07, 6.45) is 8.50. The Morgan fingerprint density at radius 2 is 2.24 bits per heavy atom. The topological polar surface area (TPSA) is 106 Å². The van der Waals surface area contributed by atoms with E-state index in [1.54, 1.807) is 18.5 Å². The van der Waals surface area contributed by atoms with Crippen molar-refractivity contribution >= 4 is 35.0 Å². The van der Waals surface area contributed by atoms with E-state index in [9.17, 15) is 8.28 Å². The van der Waals surface area contributed by atoms with E-state index in [0.29, 0.717) is 36.6 Å². The molecule has 5 rings (SSSR count). The van der Waals surface area contributed by atoms with Crippen molar-refractivity contribution in [2.45, 2.75) is 39.0 Å². The van der Waals surface area contributed by atoms with Gasteiger partial charge in [0, 0.05) is 23.0 Å². The summed E-state index contributed by atoms with van der Waals surface area (Å²) >= 11 is -0.0205. The van der Waals surface area contributed by atoms with Crippen LogP contribution in [0, 0.1) is 5.41 Å². The smallest absolute Gasteiger partial charge is 0.189 e. The molecule has 37 heavy (non-hydrogen) atoms.